The fraction of sp³-hybridized carbons (Fsp3) is 0.545. The van der Waals surface area contributed by atoms with Gasteiger partial charge in [-0.1, -0.05) is 0 Å². The van der Waals surface area contributed by atoms with Crippen molar-refractivity contribution < 1.29 is 14.3 Å². The summed E-state index contributed by atoms with van der Waals surface area (Å²) >= 11 is 1.83. The van der Waals surface area contributed by atoms with E-state index in [9.17, 15) is 4.79 Å². The maximum Gasteiger partial charge on any atom is 0.407 e. The van der Waals surface area contributed by atoms with Gasteiger partial charge in [0.1, 0.15) is 11.4 Å². The van der Waals surface area contributed by atoms with Crippen LogP contribution in [0.3, 0.4) is 0 Å². The van der Waals surface area contributed by atoms with Gasteiger partial charge in [0, 0.05) is 47.9 Å². The molecule has 1 aliphatic rings. The summed E-state index contributed by atoms with van der Waals surface area (Å²) < 4.78 is 10.6. The molecule has 2 heterocycles. The smallest absolute Gasteiger partial charge is 0.407 e. The Morgan fingerprint density at radius 3 is 2.72 bits per heavy atom. The van der Waals surface area contributed by atoms with Crippen molar-refractivity contribution in [2.45, 2.75) is 50.2 Å². The van der Waals surface area contributed by atoms with Crippen LogP contribution in [0.5, 0.6) is 5.75 Å². The molecule has 6 nitrogen and oxygen atoms in total. The van der Waals surface area contributed by atoms with E-state index in [0.29, 0.717) is 0 Å². The zero-order valence-electron chi connectivity index (χ0n) is 17.7. The minimum absolute atomic E-state index is 0.202. The number of hydrogen-bond acceptors (Lipinski definition) is 6. The molecule has 1 aromatic heterocycles. The third-order valence-electron chi connectivity index (χ3n) is 4.85. The summed E-state index contributed by atoms with van der Waals surface area (Å²) in [6, 6.07) is 8.32. The Morgan fingerprint density at radius 1 is 1.28 bits per heavy atom. The van der Waals surface area contributed by atoms with Gasteiger partial charge in [0.15, 0.2) is 0 Å². The monoisotopic (exact) mass is 417 g/mol. The Kier molecular flexibility index (Phi) is 7.24. The number of thioether (sulfide) groups is 1. The van der Waals surface area contributed by atoms with E-state index in [1.165, 1.54) is 4.90 Å². The standard InChI is InChI=1S/C22H31N3O3S/c1-22(2,3)28-21(26)24-17-7-9-25(10-8-17)11-12-29-19-14-16-13-18(27-4)5-6-20(16)23-15-19/h5-6,13-15,17H,7-12H2,1-4H3,(H,24,26). The average Bonchev–Trinajstić information content (AvgIpc) is 2.67. The highest BCUT2D eigenvalue weighted by Gasteiger charge is 2.23. The highest BCUT2D eigenvalue weighted by molar-refractivity contribution is 7.99. The molecule has 0 unspecified atom stereocenters. The molecule has 1 saturated heterocycles. The van der Waals surface area contributed by atoms with Crippen molar-refractivity contribution in [1.29, 1.82) is 0 Å². The Labute approximate surface area is 177 Å². The van der Waals surface area contributed by atoms with E-state index in [1.54, 1.807) is 7.11 Å². The molecule has 1 amide bonds. The van der Waals surface area contributed by atoms with Crippen molar-refractivity contribution in [1.82, 2.24) is 15.2 Å². The van der Waals surface area contributed by atoms with Crippen LogP contribution in [-0.4, -0.2) is 60.1 Å². The van der Waals surface area contributed by atoms with E-state index in [-0.39, 0.29) is 12.1 Å². The number of carbonyl (C=O) groups is 1. The molecule has 0 radical (unpaired) electrons. The van der Waals surface area contributed by atoms with Crippen LogP contribution in [0.25, 0.3) is 10.9 Å². The Hall–Kier alpha value is -1.99. The second-order valence-corrected chi connectivity index (χ2v) is 9.51. The fourth-order valence-electron chi connectivity index (χ4n) is 3.36. The lowest BCUT2D eigenvalue weighted by molar-refractivity contribution is 0.0480. The number of carbonyl (C=O) groups excluding carboxylic acids is 1. The van der Waals surface area contributed by atoms with Crippen LogP contribution in [0.1, 0.15) is 33.6 Å². The van der Waals surface area contributed by atoms with E-state index < -0.39 is 5.60 Å². The lowest BCUT2D eigenvalue weighted by Crippen LogP contribution is -2.46. The number of rotatable bonds is 6. The minimum Gasteiger partial charge on any atom is -0.497 e. The highest BCUT2D eigenvalue weighted by atomic mass is 32.2. The quantitative estimate of drug-likeness (QED) is 0.706. The highest BCUT2D eigenvalue weighted by Crippen LogP contribution is 2.25. The normalized spacial score (nSPS) is 16.0. The number of amides is 1. The van der Waals surface area contributed by atoms with Gasteiger partial charge in [-0.25, -0.2) is 4.79 Å². The Morgan fingerprint density at radius 2 is 2.03 bits per heavy atom. The predicted molar refractivity (Wildman–Crippen MR) is 118 cm³/mol. The molecule has 0 bridgehead atoms. The maximum atomic E-state index is 11.9. The van der Waals surface area contributed by atoms with E-state index in [4.69, 9.17) is 9.47 Å². The van der Waals surface area contributed by atoms with E-state index >= 15 is 0 Å². The van der Waals surface area contributed by atoms with Crippen LogP contribution in [0.4, 0.5) is 4.79 Å². The van der Waals surface area contributed by atoms with Gasteiger partial charge >= 0.3 is 6.09 Å². The Balaban J connectivity index is 1.40. The molecule has 1 aromatic carbocycles. The summed E-state index contributed by atoms with van der Waals surface area (Å²) in [6.07, 6.45) is 3.55. The Bertz CT molecular complexity index is 830. The third-order valence-corrected chi connectivity index (χ3v) is 5.79. The number of hydrogen-bond donors (Lipinski definition) is 1. The van der Waals surface area contributed by atoms with E-state index in [1.807, 2.05) is 56.9 Å². The topological polar surface area (TPSA) is 63.7 Å². The third kappa shape index (κ3) is 6.78. The van der Waals surface area contributed by atoms with Gasteiger partial charge in [0.2, 0.25) is 0 Å². The van der Waals surface area contributed by atoms with Crippen molar-refractivity contribution in [3.8, 4) is 5.75 Å². The number of fused-ring (bicyclic) bond motifs is 1. The number of alkyl carbamates (subject to hydrolysis) is 1. The van der Waals surface area contributed by atoms with E-state index in [2.05, 4.69) is 21.3 Å². The van der Waals surface area contributed by atoms with Crippen molar-refractivity contribution in [2.24, 2.45) is 0 Å². The summed E-state index contributed by atoms with van der Waals surface area (Å²) in [5.41, 5.74) is 0.528. The van der Waals surface area contributed by atoms with Gasteiger partial charge in [-0.3, -0.25) is 4.98 Å². The number of pyridine rings is 1. The molecule has 0 spiro atoms. The van der Waals surface area contributed by atoms with Crippen molar-refractivity contribution in [2.75, 3.05) is 32.5 Å². The molecular weight excluding hydrogens is 386 g/mol. The minimum atomic E-state index is -0.454. The summed E-state index contributed by atoms with van der Waals surface area (Å²) in [7, 11) is 1.68. The SMILES string of the molecule is COc1ccc2ncc(SCCN3CCC(NC(=O)OC(C)(C)C)CC3)cc2c1. The number of ether oxygens (including phenoxy) is 2. The molecule has 1 aliphatic heterocycles. The summed E-state index contributed by atoms with van der Waals surface area (Å²) in [6.45, 7) is 8.67. The van der Waals surface area contributed by atoms with Crippen LogP contribution >= 0.6 is 11.8 Å². The second kappa shape index (κ2) is 9.67. The summed E-state index contributed by atoms with van der Waals surface area (Å²) in [5.74, 6) is 1.87. The average molecular weight is 418 g/mol. The van der Waals surface area contributed by atoms with Crippen LogP contribution < -0.4 is 10.1 Å². The molecule has 3 rings (SSSR count). The number of nitrogens with zero attached hydrogens (tertiary/aromatic N) is 2. The second-order valence-electron chi connectivity index (χ2n) is 8.34. The number of likely N-dealkylation sites (tertiary alicyclic amines) is 1. The molecule has 2 aromatic rings. The lowest BCUT2D eigenvalue weighted by atomic mass is 10.1. The first kappa shape index (κ1) is 21.7. The first-order valence-corrected chi connectivity index (χ1v) is 11.1. The molecule has 158 valence electrons. The van der Waals surface area contributed by atoms with Crippen LogP contribution in [0, 0.1) is 0 Å². The molecular formula is C22H31N3O3S. The van der Waals surface area contributed by atoms with Gasteiger partial charge < -0.3 is 19.7 Å². The van der Waals surface area contributed by atoms with Gasteiger partial charge in [0.05, 0.1) is 12.6 Å². The molecule has 1 N–H and O–H groups in total. The molecule has 29 heavy (non-hydrogen) atoms. The fourth-order valence-corrected chi connectivity index (χ4v) is 4.29. The predicted octanol–water partition coefficient (Wildman–Crippen LogP) is 4.32. The first-order chi connectivity index (χ1) is 13.8. The summed E-state index contributed by atoms with van der Waals surface area (Å²) in [5, 5.41) is 4.09. The van der Waals surface area contributed by atoms with E-state index in [0.717, 1.165) is 54.9 Å². The van der Waals surface area contributed by atoms with Crippen LogP contribution in [-0.2, 0) is 4.74 Å². The number of methoxy groups -OCH3 is 1. The largest absolute Gasteiger partial charge is 0.497 e. The number of aromatic nitrogens is 1. The van der Waals surface area contributed by atoms with Gasteiger partial charge in [-0.15, -0.1) is 11.8 Å². The van der Waals surface area contributed by atoms with Gasteiger partial charge in [-0.2, -0.15) is 0 Å². The van der Waals surface area contributed by atoms with Crippen LogP contribution in [0.2, 0.25) is 0 Å². The van der Waals surface area contributed by atoms with Gasteiger partial charge in [-0.05, 0) is 57.9 Å². The first-order valence-electron chi connectivity index (χ1n) is 10.1. The molecule has 1 fully saturated rings. The van der Waals surface area contributed by atoms with Crippen molar-refractivity contribution in [3.05, 3.63) is 30.5 Å². The lowest BCUT2D eigenvalue weighted by Gasteiger charge is -2.32. The number of benzene rings is 1. The van der Waals surface area contributed by atoms with Gasteiger partial charge in [0.25, 0.3) is 0 Å². The maximum absolute atomic E-state index is 11.9. The number of piperidine rings is 1. The molecule has 0 saturated carbocycles. The zero-order valence-corrected chi connectivity index (χ0v) is 18.6. The molecule has 7 heteroatoms. The molecule has 0 aliphatic carbocycles. The van der Waals surface area contributed by atoms with Crippen LogP contribution in [0.15, 0.2) is 35.4 Å². The van der Waals surface area contributed by atoms with Crippen molar-refractivity contribution >= 4 is 28.8 Å². The number of nitrogens with one attached hydrogen (secondary N) is 1. The zero-order chi connectivity index (χ0) is 20.9. The summed E-state index contributed by atoms with van der Waals surface area (Å²) in [4.78, 5) is 20.1. The van der Waals surface area contributed by atoms with Crippen molar-refractivity contribution in [3.63, 3.8) is 0 Å². The molecule has 0 atom stereocenters.